The van der Waals surface area contributed by atoms with E-state index in [1.165, 1.54) is 5.56 Å². The van der Waals surface area contributed by atoms with Crippen LogP contribution >= 0.6 is 0 Å². The molecule has 0 saturated heterocycles. The second-order valence-electron chi connectivity index (χ2n) is 6.41. The Morgan fingerprint density at radius 2 is 1.72 bits per heavy atom. The van der Waals surface area contributed by atoms with Crippen LogP contribution < -0.4 is 0 Å². The Labute approximate surface area is 113 Å². The average Bonchev–Trinajstić information content (AvgIpc) is 2.34. The van der Waals surface area contributed by atoms with Gasteiger partial charge in [-0.05, 0) is 12.0 Å². The monoisotopic (exact) mass is 264 g/mol. The zero-order chi connectivity index (χ0) is 13.8. The first kappa shape index (κ1) is 15.5. The summed E-state index contributed by atoms with van der Waals surface area (Å²) in [6.07, 6.45) is 3.18. The molecule has 1 rings (SSSR count). The van der Waals surface area contributed by atoms with Gasteiger partial charge in [-0.25, -0.2) is 0 Å². The first-order chi connectivity index (χ1) is 8.33. The van der Waals surface area contributed by atoms with Crippen molar-refractivity contribution in [2.45, 2.75) is 63.9 Å². The highest BCUT2D eigenvalue weighted by Gasteiger charge is 2.45. The van der Waals surface area contributed by atoms with E-state index in [1.54, 1.807) is 0 Å². The molecule has 0 aromatic heterocycles. The molecule has 0 bridgehead atoms. The molecular formula is C16H28OSi. The quantitative estimate of drug-likeness (QED) is 0.745. The van der Waals surface area contributed by atoms with E-state index in [0.717, 1.165) is 19.3 Å². The van der Waals surface area contributed by atoms with Gasteiger partial charge in [0.2, 0.25) is 0 Å². The molecule has 0 aliphatic carbocycles. The largest absolute Gasteiger partial charge is 0.393 e. The highest BCUT2D eigenvalue weighted by molar-refractivity contribution is 6.79. The standard InChI is InChI=1S/C16H28OSi/c1-6-7-13-16(17,18(3,4)5)14(2)15-11-9-8-10-12-15/h8-12,14,17H,6-7,13H2,1-5H3/t14-,16+/m0/s1. The molecule has 0 fully saturated rings. The lowest BCUT2D eigenvalue weighted by molar-refractivity contribution is 0.0783. The lowest BCUT2D eigenvalue weighted by Gasteiger charge is -2.44. The van der Waals surface area contributed by atoms with Crippen LogP contribution in [0.25, 0.3) is 0 Å². The maximum atomic E-state index is 11.3. The summed E-state index contributed by atoms with van der Waals surface area (Å²) in [5, 5.41) is 10.8. The van der Waals surface area contributed by atoms with E-state index < -0.39 is 13.3 Å². The Bertz CT molecular complexity index is 355. The molecule has 0 spiro atoms. The number of hydrogen-bond donors (Lipinski definition) is 1. The molecule has 1 aromatic carbocycles. The first-order valence-corrected chi connectivity index (χ1v) is 10.6. The van der Waals surface area contributed by atoms with Crippen LogP contribution in [0.1, 0.15) is 44.6 Å². The number of benzene rings is 1. The van der Waals surface area contributed by atoms with E-state index >= 15 is 0 Å². The van der Waals surface area contributed by atoms with Crippen LogP contribution in [0.15, 0.2) is 30.3 Å². The second-order valence-corrected chi connectivity index (χ2v) is 11.8. The lowest BCUT2D eigenvalue weighted by atomic mass is 9.91. The van der Waals surface area contributed by atoms with Crippen molar-refractivity contribution < 1.29 is 5.11 Å². The predicted molar refractivity (Wildman–Crippen MR) is 82.7 cm³/mol. The molecule has 0 unspecified atom stereocenters. The molecule has 0 aliphatic rings. The van der Waals surface area contributed by atoms with Gasteiger partial charge in [0.1, 0.15) is 0 Å². The number of hydrogen-bond acceptors (Lipinski definition) is 1. The summed E-state index contributed by atoms with van der Waals surface area (Å²) in [5.41, 5.74) is 1.26. The van der Waals surface area contributed by atoms with E-state index in [0.29, 0.717) is 0 Å². The van der Waals surface area contributed by atoms with Gasteiger partial charge in [-0.2, -0.15) is 0 Å². The van der Waals surface area contributed by atoms with Crippen molar-refractivity contribution in [3.63, 3.8) is 0 Å². The zero-order valence-corrected chi connectivity index (χ0v) is 13.5. The Morgan fingerprint density at radius 1 is 1.17 bits per heavy atom. The van der Waals surface area contributed by atoms with Crippen molar-refractivity contribution in [2.24, 2.45) is 0 Å². The Balaban J connectivity index is 3.04. The van der Waals surface area contributed by atoms with Crippen LogP contribution in [0.2, 0.25) is 19.6 Å². The Kier molecular flexibility index (Phi) is 5.17. The molecular weight excluding hydrogens is 236 g/mol. The molecule has 0 radical (unpaired) electrons. The van der Waals surface area contributed by atoms with Gasteiger partial charge in [0, 0.05) is 5.92 Å². The molecule has 2 atom stereocenters. The third kappa shape index (κ3) is 3.24. The van der Waals surface area contributed by atoms with Crippen LogP contribution in [0.3, 0.4) is 0 Å². The molecule has 0 saturated carbocycles. The summed E-state index contributed by atoms with van der Waals surface area (Å²) in [4.78, 5) is 0. The zero-order valence-electron chi connectivity index (χ0n) is 12.5. The molecule has 1 N–H and O–H groups in total. The molecule has 102 valence electrons. The van der Waals surface area contributed by atoms with Gasteiger partial charge >= 0.3 is 0 Å². The van der Waals surface area contributed by atoms with E-state index in [2.05, 4.69) is 57.8 Å². The van der Waals surface area contributed by atoms with E-state index in [1.807, 2.05) is 6.07 Å². The van der Waals surface area contributed by atoms with Gasteiger partial charge in [-0.3, -0.25) is 0 Å². The second kappa shape index (κ2) is 6.03. The Morgan fingerprint density at radius 3 is 2.17 bits per heavy atom. The van der Waals surface area contributed by atoms with Crippen LogP contribution in [-0.4, -0.2) is 18.4 Å². The number of aliphatic hydroxyl groups is 1. The fourth-order valence-corrected chi connectivity index (χ4v) is 5.10. The maximum Gasteiger partial charge on any atom is 0.0828 e. The number of rotatable bonds is 6. The van der Waals surface area contributed by atoms with Gasteiger partial charge in [0.15, 0.2) is 0 Å². The van der Waals surface area contributed by atoms with Crippen LogP contribution in [0.4, 0.5) is 0 Å². The third-order valence-corrected chi connectivity index (χ3v) is 7.51. The lowest BCUT2D eigenvalue weighted by Crippen LogP contribution is -2.55. The van der Waals surface area contributed by atoms with Crippen molar-refractivity contribution in [3.8, 4) is 0 Å². The summed E-state index contributed by atoms with van der Waals surface area (Å²) in [6, 6.07) is 10.5. The van der Waals surface area contributed by atoms with Crippen LogP contribution in [0, 0.1) is 0 Å². The minimum absolute atomic E-state index is 0.219. The van der Waals surface area contributed by atoms with Crippen molar-refractivity contribution in [3.05, 3.63) is 35.9 Å². The molecule has 0 aliphatic heterocycles. The fourth-order valence-electron chi connectivity index (χ4n) is 2.70. The van der Waals surface area contributed by atoms with Crippen molar-refractivity contribution >= 4 is 8.07 Å². The van der Waals surface area contributed by atoms with E-state index in [9.17, 15) is 5.11 Å². The molecule has 0 heterocycles. The highest BCUT2D eigenvalue weighted by Crippen LogP contribution is 2.39. The predicted octanol–water partition coefficient (Wildman–Crippen LogP) is 4.59. The SMILES string of the molecule is CCCC[C@](O)([C@@H](C)c1ccccc1)[Si](C)(C)C. The average molecular weight is 264 g/mol. The van der Waals surface area contributed by atoms with Gasteiger partial charge in [-0.15, -0.1) is 0 Å². The fraction of sp³-hybridized carbons (Fsp3) is 0.625. The van der Waals surface area contributed by atoms with Crippen molar-refractivity contribution in [2.75, 3.05) is 0 Å². The van der Waals surface area contributed by atoms with Crippen molar-refractivity contribution in [1.82, 2.24) is 0 Å². The topological polar surface area (TPSA) is 20.2 Å². The molecule has 0 amide bonds. The Hall–Kier alpha value is -0.603. The summed E-state index contributed by atoms with van der Waals surface area (Å²) < 4.78 is 0. The van der Waals surface area contributed by atoms with Crippen molar-refractivity contribution in [1.29, 1.82) is 0 Å². The minimum atomic E-state index is -1.64. The summed E-state index contributed by atoms with van der Waals surface area (Å²) in [6.45, 7) is 11.2. The minimum Gasteiger partial charge on any atom is -0.393 e. The molecule has 2 heteroatoms. The third-order valence-electron chi connectivity index (χ3n) is 4.23. The van der Waals surface area contributed by atoms with E-state index in [4.69, 9.17) is 0 Å². The molecule has 18 heavy (non-hydrogen) atoms. The van der Waals surface area contributed by atoms with Gasteiger partial charge in [0.25, 0.3) is 0 Å². The maximum absolute atomic E-state index is 11.3. The summed E-state index contributed by atoms with van der Waals surface area (Å²) >= 11 is 0. The molecule has 1 nitrogen and oxygen atoms in total. The van der Waals surface area contributed by atoms with Gasteiger partial charge < -0.3 is 5.11 Å². The number of unbranched alkanes of at least 4 members (excludes halogenated alkanes) is 1. The smallest absolute Gasteiger partial charge is 0.0828 e. The van der Waals surface area contributed by atoms with Gasteiger partial charge in [-0.1, -0.05) is 76.7 Å². The summed E-state index contributed by atoms with van der Waals surface area (Å²) in [5.74, 6) is 0.219. The normalized spacial score (nSPS) is 17.2. The highest BCUT2D eigenvalue weighted by atomic mass is 28.3. The van der Waals surface area contributed by atoms with Gasteiger partial charge in [0.05, 0.1) is 13.3 Å². The van der Waals surface area contributed by atoms with Crippen LogP contribution in [-0.2, 0) is 0 Å². The van der Waals surface area contributed by atoms with Crippen LogP contribution in [0.5, 0.6) is 0 Å². The molecule has 1 aromatic rings. The first-order valence-electron chi connectivity index (χ1n) is 7.10. The van der Waals surface area contributed by atoms with E-state index in [-0.39, 0.29) is 5.92 Å². The summed E-state index contributed by atoms with van der Waals surface area (Å²) in [7, 11) is -1.64.